The van der Waals surface area contributed by atoms with Crippen molar-refractivity contribution in [3.63, 3.8) is 0 Å². The highest BCUT2D eigenvalue weighted by Crippen LogP contribution is 2.47. The lowest BCUT2D eigenvalue weighted by molar-refractivity contribution is -0.138. The Kier molecular flexibility index (Phi) is 8.01. The van der Waals surface area contributed by atoms with Crippen LogP contribution in [0.1, 0.15) is 49.7 Å². The molecule has 2 aromatic carbocycles. The predicted molar refractivity (Wildman–Crippen MR) is 141 cm³/mol. The molecular weight excluding hydrogens is 470 g/mol. The van der Waals surface area contributed by atoms with E-state index in [1.807, 2.05) is 56.3 Å². The summed E-state index contributed by atoms with van der Waals surface area (Å²) in [7, 11) is 3.20. The number of methoxy groups -OCH3 is 2. The van der Waals surface area contributed by atoms with Gasteiger partial charge in [0.1, 0.15) is 12.4 Å². The monoisotopic (exact) mass is 503 g/mol. The van der Waals surface area contributed by atoms with Gasteiger partial charge in [0.05, 0.1) is 26.4 Å². The predicted octanol–water partition coefficient (Wildman–Crippen LogP) is 5.19. The Morgan fingerprint density at radius 3 is 2.43 bits per heavy atom. The lowest BCUT2D eigenvalue weighted by Gasteiger charge is -2.36. The lowest BCUT2D eigenvalue weighted by Crippen LogP contribution is -2.36. The highest BCUT2D eigenvalue weighted by atomic mass is 16.5. The van der Waals surface area contributed by atoms with Gasteiger partial charge in [-0.3, -0.25) is 4.79 Å². The van der Waals surface area contributed by atoms with E-state index in [-0.39, 0.29) is 18.3 Å². The highest BCUT2D eigenvalue weighted by molar-refractivity contribution is 6.04. The van der Waals surface area contributed by atoms with Crippen LogP contribution >= 0.6 is 0 Å². The van der Waals surface area contributed by atoms with E-state index in [9.17, 15) is 9.59 Å². The van der Waals surface area contributed by atoms with Crippen molar-refractivity contribution in [2.45, 2.75) is 38.5 Å². The fraction of sp³-hybridized carbons (Fsp3) is 0.333. The number of hydrogen-bond acceptors (Lipinski definition) is 7. The number of allylic oxidation sites excluding steroid dienone is 3. The molecule has 37 heavy (non-hydrogen) atoms. The van der Waals surface area contributed by atoms with Crippen molar-refractivity contribution in [3.8, 4) is 17.2 Å². The van der Waals surface area contributed by atoms with Crippen LogP contribution in [0, 0.1) is 0 Å². The van der Waals surface area contributed by atoms with Gasteiger partial charge in [-0.15, -0.1) is 0 Å². The Bertz CT molecular complexity index is 1260. The molecule has 1 aliphatic heterocycles. The largest absolute Gasteiger partial charge is 0.497 e. The van der Waals surface area contributed by atoms with E-state index in [2.05, 4.69) is 11.9 Å². The second kappa shape index (κ2) is 11.4. The molecule has 0 unspecified atom stereocenters. The van der Waals surface area contributed by atoms with Crippen LogP contribution < -0.4 is 19.5 Å². The average molecular weight is 504 g/mol. The summed E-state index contributed by atoms with van der Waals surface area (Å²) in [6, 6.07) is 13.3. The third-order valence-corrected chi connectivity index (χ3v) is 6.79. The Morgan fingerprint density at radius 2 is 1.78 bits per heavy atom. The minimum absolute atomic E-state index is 0.00561. The van der Waals surface area contributed by atoms with Crippen LogP contribution in [0.3, 0.4) is 0 Å². The summed E-state index contributed by atoms with van der Waals surface area (Å²) >= 11 is 0. The molecule has 1 heterocycles. The zero-order valence-electron chi connectivity index (χ0n) is 21.8. The van der Waals surface area contributed by atoms with Crippen LogP contribution in [0.2, 0.25) is 0 Å². The first kappa shape index (κ1) is 26.1. The van der Waals surface area contributed by atoms with Crippen molar-refractivity contribution in [2.75, 3.05) is 27.4 Å². The quantitative estimate of drug-likeness (QED) is 0.372. The zero-order chi connectivity index (χ0) is 26.5. The van der Waals surface area contributed by atoms with E-state index < -0.39 is 11.9 Å². The first-order valence-corrected chi connectivity index (χ1v) is 12.4. The number of rotatable bonds is 9. The molecule has 0 saturated carbocycles. The van der Waals surface area contributed by atoms with Crippen LogP contribution in [-0.2, 0) is 14.3 Å². The lowest BCUT2D eigenvalue weighted by atomic mass is 9.71. The number of dihydropyridines is 1. The molecule has 7 heteroatoms. The Morgan fingerprint density at radius 1 is 1.05 bits per heavy atom. The van der Waals surface area contributed by atoms with Crippen molar-refractivity contribution in [3.05, 3.63) is 88.8 Å². The smallest absolute Gasteiger partial charge is 0.337 e. The zero-order valence-corrected chi connectivity index (χ0v) is 21.8. The van der Waals surface area contributed by atoms with Crippen LogP contribution in [-0.4, -0.2) is 39.2 Å². The average Bonchev–Trinajstić information content (AvgIpc) is 2.91. The highest BCUT2D eigenvalue weighted by Gasteiger charge is 2.41. The number of nitrogens with one attached hydrogen (secondary N) is 1. The normalized spacial score (nSPS) is 19.1. The molecule has 1 aliphatic carbocycles. The van der Waals surface area contributed by atoms with Crippen LogP contribution in [0.25, 0.3) is 0 Å². The molecule has 2 aliphatic rings. The first-order chi connectivity index (χ1) is 17.9. The number of ketones is 1. The maximum absolute atomic E-state index is 13.8. The Balaban J connectivity index is 1.79. The number of benzene rings is 2. The van der Waals surface area contributed by atoms with Gasteiger partial charge in [-0.25, -0.2) is 4.79 Å². The Hall–Kier alpha value is -4.00. The van der Waals surface area contributed by atoms with Gasteiger partial charge < -0.3 is 24.3 Å². The van der Waals surface area contributed by atoms with E-state index >= 15 is 0 Å². The van der Waals surface area contributed by atoms with Crippen LogP contribution in [0.4, 0.5) is 0 Å². The van der Waals surface area contributed by atoms with E-state index in [0.29, 0.717) is 47.8 Å². The second-order valence-electron chi connectivity index (χ2n) is 9.02. The fourth-order valence-electron chi connectivity index (χ4n) is 5.11. The van der Waals surface area contributed by atoms with Gasteiger partial charge in [-0.05, 0) is 61.6 Å². The maximum Gasteiger partial charge on any atom is 0.337 e. The number of carbonyl (C=O) groups excluding carboxylic acids is 2. The van der Waals surface area contributed by atoms with E-state index in [1.165, 1.54) is 6.08 Å². The third kappa shape index (κ3) is 5.26. The van der Waals surface area contributed by atoms with Crippen molar-refractivity contribution in [2.24, 2.45) is 0 Å². The molecule has 194 valence electrons. The van der Waals surface area contributed by atoms with Crippen molar-refractivity contribution < 1.29 is 28.5 Å². The molecular formula is C30H33NO6. The molecule has 0 fully saturated rings. The van der Waals surface area contributed by atoms with Crippen molar-refractivity contribution in [1.82, 2.24) is 5.32 Å². The number of esters is 1. The summed E-state index contributed by atoms with van der Waals surface area (Å²) in [5.74, 6) is 0.837. The van der Waals surface area contributed by atoms with E-state index in [1.54, 1.807) is 14.2 Å². The minimum atomic E-state index is -0.595. The van der Waals surface area contributed by atoms with Crippen molar-refractivity contribution >= 4 is 11.8 Å². The molecule has 0 aromatic heterocycles. The van der Waals surface area contributed by atoms with Crippen LogP contribution in [0.15, 0.2) is 77.7 Å². The maximum atomic E-state index is 13.8. The summed E-state index contributed by atoms with van der Waals surface area (Å²) in [5, 5.41) is 3.37. The molecule has 0 radical (unpaired) electrons. The first-order valence-electron chi connectivity index (χ1n) is 12.4. The van der Waals surface area contributed by atoms with Crippen molar-refractivity contribution in [1.29, 1.82) is 0 Å². The van der Waals surface area contributed by atoms with E-state index in [4.69, 9.17) is 18.9 Å². The molecule has 7 nitrogen and oxygen atoms in total. The fourth-order valence-corrected chi connectivity index (χ4v) is 5.11. The van der Waals surface area contributed by atoms with Gasteiger partial charge in [-0.1, -0.05) is 30.9 Å². The number of hydrogen-bond donors (Lipinski definition) is 1. The van der Waals surface area contributed by atoms with Gasteiger partial charge in [0, 0.05) is 29.3 Å². The molecule has 2 aromatic rings. The molecule has 0 saturated heterocycles. The molecule has 2 atom stereocenters. The number of ether oxygens (including phenoxy) is 4. The SMILES string of the molecule is C=CCOC(=O)C1=C(C)NC2=C(C(=O)C[C@H](c3ccc(OC)cc3)C2)[C@H]1c1ccc(OCC)c(OC)c1. The van der Waals surface area contributed by atoms with Gasteiger partial charge in [0.15, 0.2) is 17.3 Å². The number of Topliss-reactive ketones (excluding diaryl/α,β-unsaturated/α-hetero) is 1. The van der Waals surface area contributed by atoms with Crippen LogP contribution in [0.5, 0.6) is 17.2 Å². The molecule has 0 amide bonds. The summed E-state index contributed by atoms with van der Waals surface area (Å²) in [5.41, 5.74) is 4.31. The molecule has 1 N–H and O–H groups in total. The topological polar surface area (TPSA) is 83.1 Å². The molecule has 0 spiro atoms. The minimum Gasteiger partial charge on any atom is -0.497 e. The van der Waals surface area contributed by atoms with Gasteiger partial charge in [-0.2, -0.15) is 0 Å². The Labute approximate surface area is 217 Å². The number of carbonyl (C=O) groups is 2. The summed E-state index contributed by atoms with van der Waals surface area (Å²) in [6.07, 6.45) is 2.50. The standard InChI is InChI=1S/C30H33NO6/c1-6-14-37-30(33)27-18(3)31-23-15-21(19-8-11-22(34-4)12-9-19)16-24(32)29(23)28(27)20-10-13-25(36-7-2)26(17-20)35-5/h6,8-13,17,21,28,31H,1,7,14-16H2,2-5H3/t21-,28+/m1/s1. The van der Waals surface area contributed by atoms with E-state index in [0.717, 1.165) is 22.6 Å². The van der Waals surface area contributed by atoms with Gasteiger partial charge in [0.25, 0.3) is 0 Å². The summed E-state index contributed by atoms with van der Waals surface area (Å²) in [6.45, 7) is 7.95. The molecule has 0 bridgehead atoms. The summed E-state index contributed by atoms with van der Waals surface area (Å²) < 4.78 is 22.0. The second-order valence-corrected chi connectivity index (χ2v) is 9.02. The third-order valence-electron chi connectivity index (χ3n) is 6.79. The molecule has 4 rings (SSSR count). The summed E-state index contributed by atoms with van der Waals surface area (Å²) in [4.78, 5) is 27.0. The van der Waals surface area contributed by atoms with Gasteiger partial charge in [0.2, 0.25) is 0 Å². The van der Waals surface area contributed by atoms with Gasteiger partial charge >= 0.3 is 5.97 Å².